The fourth-order valence-electron chi connectivity index (χ4n) is 3.54. The summed E-state index contributed by atoms with van der Waals surface area (Å²) in [7, 11) is 0. The summed E-state index contributed by atoms with van der Waals surface area (Å²) in [6.45, 7) is 2.04. The van der Waals surface area contributed by atoms with Gasteiger partial charge in [-0.05, 0) is 67.4 Å². The Labute approximate surface area is 168 Å². The highest BCUT2D eigenvalue weighted by Crippen LogP contribution is 2.33. The van der Waals surface area contributed by atoms with Crippen LogP contribution in [0.4, 0.5) is 11.4 Å². The van der Waals surface area contributed by atoms with Crippen molar-refractivity contribution in [3.05, 3.63) is 94.5 Å². The smallest absolute Gasteiger partial charge is 0.258 e. The van der Waals surface area contributed by atoms with Crippen molar-refractivity contribution in [2.75, 3.05) is 10.2 Å². The lowest BCUT2D eigenvalue weighted by molar-refractivity contribution is 0.0981. The van der Waals surface area contributed by atoms with Crippen LogP contribution >= 0.6 is 11.6 Å². The number of para-hydroxylation sites is 1. The van der Waals surface area contributed by atoms with Gasteiger partial charge in [0, 0.05) is 33.6 Å². The Morgan fingerprint density at radius 1 is 0.964 bits per heavy atom. The molecule has 1 heterocycles. The Kier molecular flexibility index (Phi) is 4.88. The number of hydrogen-bond acceptors (Lipinski definition) is 2. The Bertz CT molecular complexity index is 1050. The molecule has 0 aromatic heterocycles. The number of nitrogens with one attached hydrogen (secondary N) is 1. The molecule has 3 aromatic rings. The van der Waals surface area contributed by atoms with E-state index >= 15 is 0 Å². The van der Waals surface area contributed by atoms with E-state index in [1.807, 2.05) is 30.0 Å². The van der Waals surface area contributed by atoms with Gasteiger partial charge in [0.2, 0.25) is 0 Å². The summed E-state index contributed by atoms with van der Waals surface area (Å²) < 4.78 is 0. The van der Waals surface area contributed by atoms with Crippen molar-refractivity contribution in [1.29, 1.82) is 0 Å². The maximum atomic E-state index is 13.2. The molecule has 140 valence electrons. The summed E-state index contributed by atoms with van der Waals surface area (Å²) in [5, 5.41) is 3.43. The molecule has 0 aliphatic carbocycles. The maximum Gasteiger partial charge on any atom is 0.258 e. The highest BCUT2D eigenvalue weighted by Gasteiger charge is 2.31. The number of fused-ring (bicyclic) bond motifs is 1. The third kappa shape index (κ3) is 3.51. The molecule has 2 amide bonds. The number of rotatable bonds is 3. The minimum absolute atomic E-state index is 0.0800. The van der Waals surface area contributed by atoms with Crippen molar-refractivity contribution in [3.8, 4) is 0 Å². The monoisotopic (exact) mass is 390 g/mol. The molecule has 0 spiro atoms. The Morgan fingerprint density at radius 3 is 2.46 bits per heavy atom. The molecule has 4 nitrogen and oxygen atoms in total. The second kappa shape index (κ2) is 7.49. The molecule has 1 N–H and O–H groups in total. The predicted octanol–water partition coefficient (Wildman–Crippen LogP) is 5.18. The zero-order valence-electron chi connectivity index (χ0n) is 15.4. The van der Waals surface area contributed by atoms with E-state index in [4.69, 9.17) is 11.6 Å². The molecule has 28 heavy (non-hydrogen) atoms. The zero-order valence-corrected chi connectivity index (χ0v) is 16.1. The topological polar surface area (TPSA) is 49.4 Å². The number of carbonyl (C=O) groups is 2. The highest BCUT2D eigenvalue weighted by atomic mass is 35.5. The summed E-state index contributed by atoms with van der Waals surface area (Å²) >= 11 is 5.88. The third-order valence-electron chi connectivity index (χ3n) is 4.90. The lowest BCUT2D eigenvalue weighted by Crippen LogP contribution is -2.35. The van der Waals surface area contributed by atoms with Crippen LogP contribution in [0.25, 0.3) is 0 Å². The molecular formula is C23H19ClN2O2. The molecule has 3 aromatic carbocycles. The lowest BCUT2D eigenvalue weighted by atomic mass is 10.1. The predicted molar refractivity (Wildman–Crippen MR) is 112 cm³/mol. The molecule has 1 atom stereocenters. The van der Waals surface area contributed by atoms with Gasteiger partial charge in [0.05, 0.1) is 0 Å². The van der Waals surface area contributed by atoms with Gasteiger partial charge in [-0.2, -0.15) is 0 Å². The van der Waals surface area contributed by atoms with Crippen LogP contribution in [0.3, 0.4) is 0 Å². The molecule has 1 aliphatic rings. The first-order chi connectivity index (χ1) is 13.5. The van der Waals surface area contributed by atoms with Crippen LogP contribution in [0, 0.1) is 0 Å². The molecule has 0 fully saturated rings. The number of anilines is 2. The molecule has 1 unspecified atom stereocenters. The first kappa shape index (κ1) is 18.3. The summed E-state index contributed by atoms with van der Waals surface area (Å²) in [6, 6.07) is 21.7. The highest BCUT2D eigenvalue weighted by molar-refractivity contribution is 6.30. The van der Waals surface area contributed by atoms with Crippen LogP contribution in [-0.4, -0.2) is 17.9 Å². The Balaban J connectivity index is 1.57. The van der Waals surface area contributed by atoms with E-state index in [1.165, 1.54) is 5.56 Å². The Morgan fingerprint density at radius 2 is 1.68 bits per heavy atom. The second-order valence-corrected chi connectivity index (χ2v) is 7.34. The van der Waals surface area contributed by atoms with Crippen LogP contribution in [0.15, 0.2) is 72.8 Å². The number of carbonyl (C=O) groups excluding carboxylic acids is 2. The molecule has 0 saturated carbocycles. The first-order valence-electron chi connectivity index (χ1n) is 9.11. The largest absolute Gasteiger partial charge is 0.322 e. The molecule has 5 heteroatoms. The zero-order chi connectivity index (χ0) is 19.7. The molecule has 4 rings (SSSR count). The van der Waals surface area contributed by atoms with Gasteiger partial charge in [-0.1, -0.05) is 35.9 Å². The second-order valence-electron chi connectivity index (χ2n) is 6.90. The molecular weight excluding hydrogens is 372 g/mol. The molecule has 0 radical (unpaired) electrons. The normalized spacial score (nSPS) is 15.2. The van der Waals surface area contributed by atoms with Crippen LogP contribution in [0.5, 0.6) is 0 Å². The van der Waals surface area contributed by atoms with Crippen molar-refractivity contribution >= 4 is 34.8 Å². The fourth-order valence-corrected chi connectivity index (χ4v) is 3.67. The van der Waals surface area contributed by atoms with Crippen LogP contribution in [0.2, 0.25) is 5.02 Å². The van der Waals surface area contributed by atoms with Gasteiger partial charge < -0.3 is 10.2 Å². The van der Waals surface area contributed by atoms with Gasteiger partial charge in [-0.3, -0.25) is 9.59 Å². The van der Waals surface area contributed by atoms with Crippen molar-refractivity contribution < 1.29 is 9.59 Å². The van der Waals surface area contributed by atoms with Crippen molar-refractivity contribution in [1.82, 2.24) is 0 Å². The fraction of sp³-hybridized carbons (Fsp3) is 0.130. The minimum atomic E-state index is -0.271. The molecule has 0 bridgehead atoms. The lowest BCUT2D eigenvalue weighted by Gasteiger charge is -2.23. The summed E-state index contributed by atoms with van der Waals surface area (Å²) in [6.07, 6.45) is 0.832. The van der Waals surface area contributed by atoms with Gasteiger partial charge in [-0.15, -0.1) is 0 Å². The van der Waals surface area contributed by atoms with Crippen LogP contribution in [-0.2, 0) is 6.42 Å². The third-order valence-corrected chi connectivity index (χ3v) is 5.15. The van der Waals surface area contributed by atoms with E-state index in [0.717, 1.165) is 12.1 Å². The van der Waals surface area contributed by atoms with Crippen LogP contribution < -0.4 is 10.2 Å². The summed E-state index contributed by atoms with van der Waals surface area (Å²) in [4.78, 5) is 27.6. The van der Waals surface area contributed by atoms with Gasteiger partial charge in [0.1, 0.15) is 0 Å². The number of amides is 2. The van der Waals surface area contributed by atoms with E-state index in [9.17, 15) is 9.59 Å². The van der Waals surface area contributed by atoms with Crippen molar-refractivity contribution in [2.45, 2.75) is 19.4 Å². The van der Waals surface area contributed by atoms with Crippen LogP contribution in [0.1, 0.15) is 33.2 Å². The van der Waals surface area contributed by atoms with Crippen molar-refractivity contribution in [2.24, 2.45) is 0 Å². The standard InChI is InChI=1S/C23H19ClN2O2/c1-15-13-16-5-2-3-8-21(16)26(15)23(28)18-7-4-6-17(14-18)22(27)25-20-11-9-19(24)10-12-20/h2-12,14-15H,13H2,1H3,(H,25,27). The number of benzene rings is 3. The number of nitrogens with zero attached hydrogens (tertiary/aromatic N) is 1. The minimum Gasteiger partial charge on any atom is -0.322 e. The van der Waals surface area contributed by atoms with Gasteiger partial charge in [0.25, 0.3) is 11.8 Å². The van der Waals surface area contributed by atoms with E-state index in [1.54, 1.807) is 48.5 Å². The van der Waals surface area contributed by atoms with Crippen molar-refractivity contribution in [3.63, 3.8) is 0 Å². The van der Waals surface area contributed by atoms with E-state index < -0.39 is 0 Å². The van der Waals surface area contributed by atoms with Gasteiger partial charge >= 0.3 is 0 Å². The number of hydrogen-bond donors (Lipinski definition) is 1. The van der Waals surface area contributed by atoms with E-state index in [2.05, 4.69) is 11.4 Å². The average Bonchev–Trinajstić information content (AvgIpc) is 3.05. The summed E-state index contributed by atoms with van der Waals surface area (Å²) in [5.74, 6) is -0.370. The molecule has 1 aliphatic heterocycles. The van der Waals surface area contributed by atoms with E-state index in [0.29, 0.717) is 21.8 Å². The van der Waals surface area contributed by atoms with Gasteiger partial charge in [-0.25, -0.2) is 0 Å². The average molecular weight is 391 g/mol. The summed E-state index contributed by atoms with van der Waals surface area (Å²) in [5.41, 5.74) is 3.68. The first-order valence-corrected chi connectivity index (χ1v) is 9.49. The Hall–Kier alpha value is -3.11. The van der Waals surface area contributed by atoms with Gasteiger partial charge in [0.15, 0.2) is 0 Å². The quantitative estimate of drug-likeness (QED) is 0.669. The maximum absolute atomic E-state index is 13.2. The van der Waals surface area contributed by atoms with E-state index in [-0.39, 0.29) is 17.9 Å². The molecule has 0 saturated heterocycles. The SMILES string of the molecule is CC1Cc2ccccc2N1C(=O)c1cccc(C(=O)Nc2ccc(Cl)cc2)c1. The number of halogens is 1.